The van der Waals surface area contributed by atoms with Crippen molar-refractivity contribution in [2.45, 2.75) is 19.0 Å². The SMILES string of the molecule is CNC(=O)N1Cc2[nH]c3ccccc3c2CC1C(=O)OC. The molecule has 6 heteroatoms. The summed E-state index contributed by atoms with van der Waals surface area (Å²) in [5.41, 5.74) is 3.07. The van der Waals surface area contributed by atoms with E-state index in [0.29, 0.717) is 13.0 Å². The van der Waals surface area contributed by atoms with E-state index in [1.54, 1.807) is 7.05 Å². The van der Waals surface area contributed by atoms with Crippen LogP contribution in [0.5, 0.6) is 0 Å². The second-order valence-electron chi connectivity index (χ2n) is 5.05. The standard InChI is InChI=1S/C15H17N3O3/c1-16-15(20)18-8-12-10(7-13(18)14(19)21-2)9-5-3-4-6-11(9)17-12/h3-6,13,17H,7-8H2,1-2H3,(H,16,20). The number of benzene rings is 1. The Morgan fingerprint density at radius 2 is 2.14 bits per heavy atom. The highest BCUT2D eigenvalue weighted by atomic mass is 16.5. The van der Waals surface area contributed by atoms with E-state index >= 15 is 0 Å². The number of aromatic amines is 1. The number of ether oxygens (including phenoxy) is 1. The van der Waals surface area contributed by atoms with Gasteiger partial charge in [-0.1, -0.05) is 18.2 Å². The zero-order valence-electron chi connectivity index (χ0n) is 12.0. The molecule has 1 aliphatic heterocycles. The zero-order chi connectivity index (χ0) is 15.0. The number of para-hydroxylation sites is 1. The molecule has 0 radical (unpaired) electrons. The molecule has 0 bridgehead atoms. The first kappa shape index (κ1) is 13.5. The molecule has 0 spiro atoms. The van der Waals surface area contributed by atoms with Gasteiger partial charge in [-0.25, -0.2) is 9.59 Å². The van der Waals surface area contributed by atoms with Crippen LogP contribution in [0.4, 0.5) is 4.79 Å². The molecule has 0 saturated heterocycles. The molecule has 1 aromatic heterocycles. The predicted molar refractivity (Wildman–Crippen MR) is 77.8 cm³/mol. The first-order valence-corrected chi connectivity index (χ1v) is 6.80. The predicted octanol–water partition coefficient (Wildman–Crippen LogP) is 1.41. The fourth-order valence-electron chi connectivity index (χ4n) is 2.91. The van der Waals surface area contributed by atoms with Gasteiger partial charge in [0.25, 0.3) is 0 Å². The molecule has 1 aromatic carbocycles. The number of H-pyrrole nitrogens is 1. The normalized spacial score (nSPS) is 17.4. The average Bonchev–Trinajstić information content (AvgIpc) is 2.89. The van der Waals surface area contributed by atoms with Crippen LogP contribution < -0.4 is 5.32 Å². The molecule has 2 amide bonds. The van der Waals surface area contributed by atoms with Crippen molar-refractivity contribution in [1.82, 2.24) is 15.2 Å². The largest absolute Gasteiger partial charge is 0.467 e. The second kappa shape index (κ2) is 5.12. The number of esters is 1. The molecule has 2 heterocycles. The molecule has 2 N–H and O–H groups in total. The Bertz CT molecular complexity index is 707. The van der Waals surface area contributed by atoms with Gasteiger partial charge in [-0.15, -0.1) is 0 Å². The minimum absolute atomic E-state index is 0.283. The monoisotopic (exact) mass is 287 g/mol. The van der Waals surface area contributed by atoms with Crippen LogP contribution in [-0.4, -0.2) is 42.1 Å². The zero-order valence-corrected chi connectivity index (χ0v) is 12.0. The van der Waals surface area contributed by atoms with Gasteiger partial charge in [-0.05, 0) is 11.6 Å². The summed E-state index contributed by atoms with van der Waals surface area (Å²) in [6.45, 7) is 0.365. The Kier molecular flexibility index (Phi) is 3.29. The van der Waals surface area contributed by atoms with Crippen molar-refractivity contribution in [3.05, 3.63) is 35.5 Å². The van der Waals surface area contributed by atoms with E-state index in [9.17, 15) is 9.59 Å². The molecule has 0 saturated carbocycles. The van der Waals surface area contributed by atoms with Crippen LogP contribution >= 0.6 is 0 Å². The lowest BCUT2D eigenvalue weighted by atomic mass is 9.97. The van der Waals surface area contributed by atoms with Gasteiger partial charge in [-0.3, -0.25) is 0 Å². The Morgan fingerprint density at radius 1 is 1.38 bits per heavy atom. The summed E-state index contributed by atoms with van der Waals surface area (Å²) in [5.74, 6) is -0.394. The summed E-state index contributed by atoms with van der Waals surface area (Å²) in [6.07, 6.45) is 0.458. The van der Waals surface area contributed by atoms with E-state index in [4.69, 9.17) is 4.74 Å². The third kappa shape index (κ3) is 2.12. The lowest BCUT2D eigenvalue weighted by molar-refractivity contribution is -0.146. The average molecular weight is 287 g/mol. The molecule has 21 heavy (non-hydrogen) atoms. The summed E-state index contributed by atoms with van der Waals surface area (Å²) in [5, 5.41) is 3.67. The lowest BCUT2D eigenvalue weighted by Gasteiger charge is -2.33. The maximum atomic E-state index is 12.0. The van der Waals surface area contributed by atoms with Crippen molar-refractivity contribution in [3.63, 3.8) is 0 Å². The van der Waals surface area contributed by atoms with Crippen LogP contribution in [0, 0.1) is 0 Å². The van der Waals surface area contributed by atoms with Gasteiger partial charge in [0.05, 0.1) is 13.7 Å². The third-order valence-corrected chi connectivity index (χ3v) is 3.95. The van der Waals surface area contributed by atoms with E-state index in [2.05, 4.69) is 10.3 Å². The fraction of sp³-hybridized carbons (Fsp3) is 0.333. The molecule has 110 valence electrons. The smallest absolute Gasteiger partial charge is 0.329 e. The minimum atomic E-state index is -0.596. The van der Waals surface area contributed by atoms with Crippen molar-refractivity contribution in [2.24, 2.45) is 0 Å². The van der Waals surface area contributed by atoms with Gasteiger partial charge in [0, 0.05) is 30.1 Å². The first-order chi connectivity index (χ1) is 10.2. The van der Waals surface area contributed by atoms with Crippen LogP contribution in [0.15, 0.2) is 24.3 Å². The molecule has 1 unspecified atom stereocenters. The number of rotatable bonds is 1. The number of carbonyl (C=O) groups excluding carboxylic acids is 2. The quantitative estimate of drug-likeness (QED) is 0.779. The van der Waals surface area contributed by atoms with Crippen molar-refractivity contribution in [1.29, 1.82) is 0 Å². The van der Waals surface area contributed by atoms with Gasteiger partial charge in [0.1, 0.15) is 6.04 Å². The highest BCUT2D eigenvalue weighted by Crippen LogP contribution is 2.30. The Labute approximate surface area is 122 Å². The van der Waals surface area contributed by atoms with E-state index < -0.39 is 12.0 Å². The van der Waals surface area contributed by atoms with Gasteiger partial charge >= 0.3 is 12.0 Å². The van der Waals surface area contributed by atoms with Crippen LogP contribution in [0.3, 0.4) is 0 Å². The van der Waals surface area contributed by atoms with Crippen LogP contribution in [0.25, 0.3) is 10.9 Å². The second-order valence-corrected chi connectivity index (χ2v) is 5.05. The number of fused-ring (bicyclic) bond motifs is 3. The highest BCUT2D eigenvalue weighted by Gasteiger charge is 2.36. The molecule has 1 aliphatic rings. The summed E-state index contributed by atoms with van der Waals surface area (Å²) >= 11 is 0. The van der Waals surface area contributed by atoms with Crippen molar-refractivity contribution in [3.8, 4) is 0 Å². The molecule has 3 rings (SSSR count). The maximum absolute atomic E-state index is 12.0. The van der Waals surface area contributed by atoms with Gasteiger partial charge in [-0.2, -0.15) is 0 Å². The Balaban J connectivity index is 2.07. The van der Waals surface area contributed by atoms with Crippen LogP contribution in [-0.2, 0) is 22.5 Å². The maximum Gasteiger partial charge on any atom is 0.329 e. The van der Waals surface area contributed by atoms with Crippen molar-refractivity contribution >= 4 is 22.9 Å². The van der Waals surface area contributed by atoms with E-state index in [1.807, 2.05) is 24.3 Å². The number of aromatic nitrogens is 1. The topological polar surface area (TPSA) is 74.4 Å². The summed E-state index contributed by atoms with van der Waals surface area (Å²) < 4.78 is 4.85. The number of amides is 2. The highest BCUT2D eigenvalue weighted by molar-refractivity contribution is 5.89. The van der Waals surface area contributed by atoms with Crippen molar-refractivity contribution in [2.75, 3.05) is 14.2 Å². The Hall–Kier alpha value is -2.50. The number of methoxy groups -OCH3 is 1. The summed E-state index contributed by atoms with van der Waals surface area (Å²) in [4.78, 5) is 28.9. The number of carbonyl (C=O) groups is 2. The molecular weight excluding hydrogens is 270 g/mol. The molecule has 0 fully saturated rings. The van der Waals surface area contributed by atoms with Gasteiger partial charge in [0.15, 0.2) is 0 Å². The van der Waals surface area contributed by atoms with Gasteiger partial charge < -0.3 is 19.9 Å². The Morgan fingerprint density at radius 3 is 2.86 bits per heavy atom. The van der Waals surface area contributed by atoms with Crippen LogP contribution in [0.1, 0.15) is 11.3 Å². The minimum Gasteiger partial charge on any atom is -0.467 e. The van der Waals surface area contributed by atoms with E-state index in [0.717, 1.165) is 22.2 Å². The first-order valence-electron chi connectivity index (χ1n) is 6.80. The third-order valence-electron chi connectivity index (χ3n) is 3.95. The number of hydrogen-bond donors (Lipinski definition) is 2. The van der Waals surface area contributed by atoms with E-state index in [-0.39, 0.29) is 6.03 Å². The summed E-state index contributed by atoms with van der Waals surface area (Å²) in [6, 6.07) is 7.06. The van der Waals surface area contributed by atoms with Crippen molar-refractivity contribution < 1.29 is 14.3 Å². The molecular formula is C15H17N3O3. The number of urea groups is 1. The summed E-state index contributed by atoms with van der Waals surface area (Å²) in [7, 11) is 2.90. The number of nitrogens with zero attached hydrogens (tertiary/aromatic N) is 1. The molecule has 2 aromatic rings. The lowest BCUT2D eigenvalue weighted by Crippen LogP contribution is -2.51. The van der Waals surface area contributed by atoms with E-state index in [1.165, 1.54) is 12.0 Å². The number of hydrogen-bond acceptors (Lipinski definition) is 3. The molecule has 1 atom stereocenters. The molecule has 0 aliphatic carbocycles. The van der Waals surface area contributed by atoms with Crippen LogP contribution in [0.2, 0.25) is 0 Å². The molecule has 6 nitrogen and oxygen atoms in total. The fourth-order valence-corrected chi connectivity index (χ4v) is 2.91. The van der Waals surface area contributed by atoms with Gasteiger partial charge in [0.2, 0.25) is 0 Å². The number of nitrogens with one attached hydrogen (secondary N) is 2.